The lowest BCUT2D eigenvalue weighted by molar-refractivity contribution is -0.141. The van der Waals surface area contributed by atoms with Crippen LogP contribution in [-0.2, 0) is 15.0 Å². The van der Waals surface area contributed by atoms with Gasteiger partial charge in [-0.3, -0.25) is 9.59 Å². The summed E-state index contributed by atoms with van der Waals surface area (Å²) in [6, 6.07) is 25.6. The molecular weight excluding hydrogens is 551 g/mol. The van der Waals surface area contributed by atoms with E-state index < -0.39 is 24.0 Å². The Bertz CT molecular complexity index is 1400. The van der Waals surface area contributed by atoms with Crippen molar-refractivity contribution >= 4 is 11.8 Å². The number of hydrogen-bond donors (Lipinski definition) is 2. The van der Waals surface area contributed by atoms with Gasteiger partial charge in [-0.15, -0.1) is 0 Å². The Morgan fingerprint density at radius 1 is 0.837 bits per heavy atom. The van der Waals surface area contributed by atoms with Gasteiger partial charge in [0.2, 0.25) is 11.8 Å². The van der Waals surface area contributed by atoms with Crippen LogP contribution in [0.2, 0.25) is 0 Å². The number of piperidine rings is 1. The molecule has 6 rings (SSSR count). The summed E-state index contributed by atoms with van der Waals surface area (Å²) in [5.74, 6) is -0.0201. The summed E-state index contributed by atoms with van der Waals surface area (Å²) < 4.78 is 39.3. The van der Waals surface area contributed by atoms with E-state index in [0.717, 1.165) is 67.6 Å². The van der Waals surface area contributed by atoms with Gasteiger partial charge in [-0.1, -0.05) is 85.3 Å². The van der Waals surface area contributed by atoms with E-state index in [0.29, 0.717) is 18.8 Å². The maximum absolute atomic E-state index is 13.7. The van der Waals surface area contributed by atoms with Gasteiger partial charge in [0, 0.05) is 25.0 Å². The number of rotatable bonds is 10. The standard InChI is InChI=1S/C35H38F3N3O2/c36-35(37,38)23-39-33(43)34(30-14-6-4-12-26(30)27-13-5-7-15-31(27)34)18-8-9-19-41-20-16-25(17-21-41)40-32(42)29-22-28(29)24-10-2-1-3-11-24/h1-7,10-15,25,28-29H,8-9,16-23H2,(H,39,43)(H,40,42). The molecule has 226 valence electrons. The van der Waals surface area contributed by atoms with Gasteiger partial charge in [-0.05, 0) is 72.4 Å². The molecule has 2 unspecified atom stereocenters. The zero-order valence-electron chi connectivity index (χ0n) is 24.2. The monoisotopic (exact) mass is 589 g/mol. The minimum absolute atomic E-state index is 0.0759. The molecule has 3 aromatic rings. The number of halogens is 3. The number of alkyl halides is 3. The zero-order valence-corrected chi connectivity index (χ0v) is 24.2. The van der Waals surface area contributed by atoms with Gasteiger partial charge >= 0.3 is 6.18 Å². The number of benzene rings is 3. The van der Waals surface area contributed by atoms with E-state index in [1.54, 1.807) is 0 Å². The number of likely N-dealkylation sites (tertiary alicyclic amines) is 1. The first-order chi connectivity index (χ1) is 20.8. The molecule has 8 heteroatoms. The Kier molecular flexibility index (Phi) is 8.32. The van der Waals surface area contributed by atoms with Gasteiger partial charge in [0.15, 0.2) is 0 Å². The Morgan fingerprint density at radius 3 is 2.07 bits per heavy atom. The highest BCUT2D eigenvalue weighted by Gasteiger charge is 2.49. The second-order valence-electron chi connectivity index (χ2n) is 12.2. The van der Waals surface area contributed by atoms with Crippen molar-refractivity contribution in [3.8, 4) is 11.1 Å². The summed E-state index contributed by atoms with van der Waals surface area (Å²) in [5.41, 5.74) is 3.45. The quantitative estimate of drug-likeness (QED) is 0.278. The molecule has 1 saturated carbocycles. The molecule has 1 aliphatic heterocycles. The molecule has 5 nitrogen and oxygen atoms in total. The van der Waals surface area contributed by atoms with Gasteiger partial charge in [-0.25, -0.2) is 0 Å². The average Bonchev–Trinajstić information content (AvgIpc) is 3.77. The molecule has 2 amide bonds. The van der Waals surface area contributed by atoms with Crippen molar-refractivity contribution in [2.24, 2.45) is 5.92 Å². The van der Waals surface area contributed by atoms with Crippen LogP contribution in [0, 0.1) is 5.92 Å². The van der Waals surface area contributed by atoms with Crippen LogP contribution in [0.25, 0.3) is 11.1 Å². The van der Waals surface area contributed by atoms with Crippen LogP contribution in [0.15, 0.2) is 78.9 Å². The summed E-state index contributed by atoms with van der Waals surface area (Å²) >= 11 is 0. The average molecular weight is 590 g/mol. The normalized spacial score (nSPS) is 21.1. The minimum atomic E-state index is -4.48. The lowest BCUT2D eigenvalue weighted by Crippen LogP contribution is -2.47. The first-order valence-corrected chi connectivity index (χ1v) is 15.4. The van der Waals surface area contributed by atoms with E-state index in [9.17, 15) is 22.8 Å². The lowest BCUT2D eigenvalue weighted by Gasteiger charge is -2.33. The molecule has 3 aliphatic rings. The number of fused-ring (bicyclic) bond motifs is 3. The smallest absolute Gasteiger partial charge is 0.353 e. The highest BCUT2D eigenvalue weighted by molar-refractivity contribution is 6.00. The summed E-state index contributed by atoms with van der Waals surface area (Å²) in [6.45, 7) is 1.28. The summed E-state index contributed by atoms with van der Waals surface area (Å²) in [7, 11) is 0. The first kappa shape index (κ1) is 29.4. The summed E-state index contributed by atoms with van der Waals surface area (Å²) in [5, 5.41) is 5.49. The van der Waals surface area contributed by atoms with E-state index in [2.05, 4.69) is 27.7 Å². The number of hydrogen-bond acceptors (Lipinski definition) is 3. The van der Waals surface area contributed by atoms with Crippen molar-refractivity contribution in [1.29, 1.82) is 0 Å². The molecule has 0 radical (unpaired) electrons. The van der Waals surface area contributed by atoms with Crippen LogP contribution < -0.4 is 10.6 Å². The van der Waals surface area contributed by atoms with Crippen LogP contribution in [-0.4, -0.2) is 55.1 Å². The molecule has 1 heterocycles. The summed E-state index contributed by atoms with van der Waals surface area (Å²) in [6.07, 6.45) is 0.193. The largest absolute Gasteiger partial charge is 0.405 e. The predicted octanol–water partition coefficient (Wildman–Crippen LogP) is 6.19. The molecule has 2 aliphatic carbocycles. The van der Waals surface area contributed by atoms with Gasteiger partial charge in [0.25, 0.3) is 0 Å². The van der Waals surface area contributed by atoms with Crippen LogP contribution in [0.1, 0.15) is 61.1 Å². The number of carbonyl (C=O) groups excluding carboxylic acids is 2. The number of unbranched alkanes of at least 4 members (excludes halogenated alkanes) is 1. The Labute approximate surface area is 250 Å². The van der Waals surface area contributed by atoms with E-state index in [1.807, 2.05) is 66.7 Å². The lowest BCUT2D eigenvalue weighted by atomic mass is 9.73. The van der Waals surface area contributed by atoms with E-state index in [4.69, 9.17) is 0 Å². The molecule has 2 fully saturated rings. The van der Waals surface area contributed by atoms with Gasteiger partial charge in [-0.2, -0.15) is 13.2 Å². The number of amides is 2. The van der Waals surface area contributed by atoms with E-state index in [-0.39, 0.29) is 17.9 Å². The fraction of sp³-hybridized carbons (Fsp3) is 0.429. The fourth-order valence-corrected chi connectivity index (χ4v) is 7.17. The highest BCUT2D eigenvalue weighted by atomic mass is 19.4. The molecule has 2 atom stereocenters. The molecule has 0 spiro atoms. The maximum Gasteiger partial charge on any atom is 0.405 e. The second-order valence-corrected chi connectivity index (χ2v) is 12.2. The van der Waals surface area contributed by atoms with Crippen molar-refractivity contribution in [1.82, 2.24) is 15.5 Å². The van der Waals surface area contributed by atoms with Crippen molar-refractivity contribution in [3.05, 3.63) is 95.6 Å². The Morgan fingerprint density at radius 2 is 1.44 bits per heavy atom. The number of carbonyl (C=O) groups is 2. The molecule has 0 bridgehead atoms. The van der Waals surface area contributed by atoms with Crippen molar-refractivity contribution in [2.45, 2.75) is 62.1 Å². The molecular formula is C35H38F3N3O2. The third-order valence-corrected chi connectivity index (χ3v) is 9.47. The van der Waals surface area contributed by atoms with Crippen molar-refractivity contribution in [2.75, 3.05) is 26.2 Å². The highest BCUT2D eigenvalue weighted by Crippen LogP contribution is 2.52. The minimum Gasteiger partial charge on any atom is -0.353 e. The van der Waals surface area contributed by atoms with Crippen LogP contribution >= 0.6 is 0 Å². The van der Waals surface area contributed by atoms with E-state index >= 15 is 0 Å². The number of nitrogens with zero attached hydrogens (tertiary/aromatic N) is 1. The third kappa shape index (κ3) is 6.21. The predicted molar refractivity (Wildman–Crippen MR) is 160 cm³/mol. The number of nitrogens with one attached hydrogen (secondary N) is 2. The maximum atomic E-state index is 13.7. The molecule has 43 heavy (non-hydrogen) atoms. The van der Waals surface area contributed by atoms with Crippen LogP contribution in [0.5, 0.6) is 0 Å². The molecule has 0 aromatic heterocycles. The molecule has 2 N–H and O–H groups in total. The molecule has 1 saturated heterocycles. The topological polar surface area (TPSA) is 61.4 Å². The van der Waals surface area contributed by atoms with Crippen LogP contribution in [0.4, 0.5) is 13.2 Å². The third-order valence-electron chi connectivity index (χ3n) is 9.47. The SMILES string of the molecule is O=C(NC1CCN(CCCCC2(C(=O)NCC(F)(F)F)c3ccccc3-c3ccccc32)CC1)C1CC1c1ccccc1. The van der Waals surface area contributed by atoms with Gasteiger partial charge in [0.05, 0.1) is 0 Å². The zero-order chi connectivity index (χ0) is 30.0. The van der Waals surface area contributed by atoms with E-state index in [1.165, 1.54) is 5.56 Å². The van der Waals surface area contributed by atoms with Gasteiger partial charge in [0.1, 0.15) is 12.0 Å². The second kappa shape index (κ2) is 12.2. The van der Waals surface area contributed by atoms with Crippen molar-refractivity contribution in [3.63, 3.8) is 0 Å². The van der Waals surface area contributed by atoms with Crippen LogP contribution in [0.3, 0.4) is 0 Å². The summed E-state index contributed by atoms with van der Waals surface area (Å²) in [4.78, 5) is 28.9. The Balaban J connectivity index is 1.03. The fourth-order valence-electron chi connectivity index (χ4n) is 7.17. The van der Waals surface area contributed by atoms with Crippen molar-refractivity contribution < 1.29 is 22.8 Å². The Hall–Kier alpha value is -3.65. The first-order valence-electron chi connectivity index (χ1n) is 15.4. The molecule has 3 aromatic carbocycles. The van der Waals surface area contributed by atoms with Gasteiger partial charge < -0.3 is 15.5 Å².